The second kappa shape index (κ2) is 11.7. The highest BCUT2D eigenvalue weighted by atomic mass is 16.5. The first-order valence-corrected chi connectivity index (χ1v) is 10.5. The summed E-state index contributed by atoms with van der Waals surface area (Å²) in [6.07, 6.45) is 2.64. The van der Waals surface area contributed by atoms with E-state index in [9.17, 15) is 4.79 Å². The zero-order chi connectivity index (χ0) is 20.4. The number of benzene rings is 1. The van der Waals surface area contributed by atoms with Crippen molar-refractivity contribution >= 4 is 11.9 Å². The molecule has 6 nitrogen and oxygen atoms in total. The monoisotopic (exact) mass is 388 g/mol. The van der Waals surface area contributed by atoms with Gasteiger partial charge in [0.05, 0.1) is 13.2 Å². The third-order valence-corrected chi connectivity index (χ3v) is 4.98. The van der Waals surface area contributed by atoms with Crippen LogP contribution in [0.5, 0.6) is 0 Å². The van der Waals surface area contributed by atoms with Crippen molar-refractivity contribution < 1.29 is 9.53 Å². The number of aliphatic imine (C=N–C) groups is 1. The van der Waals surface area contributed by atoms with Gasteiger partial charge in [0.1, 0.15) is 0 Å². The predicted molar refractivity (Wildman–Crippen MR) is 115 cm³/mol. The molecule has 2 rings (SSSR count). The lowest BCUT2D eigenvalue weighted by molar-refractivity contribution is 0.0773. The van der Waals surface area contributed by atoms with Crippen molar-refractivity contribution in [3.8, 4) is 0 Å². The molecule has 156 valence electrons. The summed E-state index contributed by atoms with van der Waals surface area (Å²) in [4.78, 5) is 21.1. The summed E-state index contributed by atoms with van der Waals surface area (Å²) in [5.41, 5.74) is 1.82. The van der Waals surface area contributed by atoms with Crippen molar-refractivity contribution in [2.24, 2.45) is 10.9 Å². The average Bonchev–Trinajstić information content (AvgIpc) is 3.54. The van der Waals surface area contributed by atoms with E-state index in [-0.39, 0.29) is 5.91 Å². The normalized spacial score (nSPS) is 14.1. The van der Waals surface area contributed by atoms with Crippen molar-refractivity contribution in [1.29, 1.82) is 0 Å². The number of likely N-dealkylation sites (N-methyl/N-ethyl adjacent to an activating group) is 1. The molecule has 1 fully saturated rings. The maximum absolute atomic E-state index is 12.4. The lowest BCUT2D eigenvalue weighted by Crippen LogP contribution is -2.40. The third kappa shape index (κ3) is 7.15. The van der Waals surface area contributed by atoms with Crippen LogP contribution in [0.25, 0.3) is 0 Å². The maximum atomic E-state index is 12.4. The van der Waals surface area contributed by atoms with Gasteiger partial charge in [-0.2, -0.15) is 0 Å². The maximum Gasteiger partial charge on any atom is 0.253 e. The molecule has 1 aromatic carbocycles. The number of amides is 1. The van der Waals surface area contributed by atoms with Gasteiger partial charge < -0.3 is 19.9 Å². The van der Waals surface area contributed by atoms with Crippen LogP contribution in [0.4, 0.5) is 0 Å². The van der Waals surface area contributed by atoms with Crippen LogP contribution < -0.4 is 5.32 Å². The van der Waals surface area contributed by atoms with Gasteiger partial charge in [-0.25, -0.2) is 4.99 Å². The number of carbonyl (C=O) groups is 1. The van der Waals surface area contributed by atoms with E-state index in [0.29, 0.717) is 6.54 Å². The topological polar surface area (TPSA) is 57.2 Å². The van der Waals surface area contributed by atoms with Crippen LogP contribution in [0.3, 0.4) is 0 Å². The first-order valence-electron chi connectivity index (χ1n) is 10.5. The second-order valence-electron chi connectivity index (χ2n) is 7.28. The highest BCUT2D eigenvalue weighted by Gasteiger charge is 2.21. The molecule has 1 aliphatic rings. The fourth-order valence-corrected chi connectivity index (χ4v) is 2.92. The molecule has 28 heavy (non-hydrogen) atoms. The Hall–Kier alpha value is -2.08. The summed E-state index contributed by atoms with van der Waals surface area (Å²) in [6.45, 7) is 11.4. The van der Waals surface area contributed by atoms with Crippen LogP contribution in [0.2, 0.25) is 0 Å². The minimum absolute atomic E-state index is 0.0827. The van der Waals surface area contributed by atoms with Crippen molar-refractivity contribution in [3.05, 3.63) is 35.4 Å². The quantitative estimate of drug-likeness (QED) is 0.360. The van der Waals surface area contributed by atoms with Crippen molar-refractivity contribution in [3.63, 3.8) is 0 Å². The minimum Gasteiger partial charge on any atom is -0.379 e. The molecular formula is C22H36N4O2. The van der Waals surface area contributed by atoms with E-state index in [0.717, 1.165) is 62.4 Å². The van der Waals surface area contributed by atoms with Gasteiger partial charge in [0.2, 0.25) is 0 Å². The van der Waals surface area contributed by atoms with Crippen molar-refractivity contribution in [2.75, 3.05) is 46.4 Å². The smallest absolute Gasteiger partial charge is 0.253 e. The largest absolute Gasteiger partial charge is 0.379 e. The molecule has 0 spiro atoms. The number of guanidine groups is 1. The van der Waals surface area contributed by atoms with Gasteiger partial charge in [-0.05, 0) is 57.2 Å². The summed E-state index contributed by atoms with van der Waals surface area (Å²) in [7, 11) is 2.04. The number of ether oxygens (including phenoxy) is 1. The van der Waals surface area contributed by atoms with Gasteiger partial charge in [-0.15, -0.1) is 0 Å². The van der Waals surface area contributed by atoms with E-state index in [2.05, 4.69) is 17.1 Å². The molecule has 0 heterocycles. The molecule has 0 saturated heterocycles. The average molecular weight is 389 g/mol. The molecular weight excluding hydrogens is 352 g/mol. The zero-order valence-corrected chi connectivity index (χ0v) is 17.9. The van der Waals surface area contributed by atoms with E-state index in [1.807, 2.05) is 50.1 Å². The standard InChI is InChI=1S/C22H36N4O2/c1-5-23-22(25(4)14-15-28-17-19-8-9-19)24-16-18-10-12-20(13-11-18)21(27)26(6-2)7-3/h10-13,19H,5-9,14-17H2,1-4H3,(H,23,24). The van der Waals surface area contributed by atoms with Crippen LogP contribution in [-0.4, -0.2) is 68.1 Å². The number of hydrogen-bond donors (Lipinski definition) is 1. The van der Waals surface area contributed by atoms with Gasteiger partial charge in [0, 0.05) is 45.4 Å². The van der Waals surface area contributed by atoms with Crippen molar-refractivity contribution in [2.45, 2.75) is 40.2 Å². The lowest BCUT2D eigenvalue weighted by Gasteiger charge is -2.22. The van der Waals surface area contributed by atoms with Gasteiger partial charge in [-0.3, -0.25) is 4.79 Å². The first-order chi connectivity index (χ1) is 13.6. The Morgan fingerprint density at radius 2 is 1.86 bits per heavy atom. The lowest BCUT2D eigenvalue weighted by atomic mass is 10.1. The Morgan fingerprint density at radius 1 is 1.18 bits per heavy atom. The Morgan fingerprint density at radius 3 is 2.43 bits per heavy atom. The van der Waals surface area contributed by atoms with E-state index in [4.69, 9.17) is 9.73 Å². The van der Waals surface area contributed by atoms with Crippen LogP contribution in [0, 0.1) is 5.92 Å². The Balaban J connectivity index is 1.88. The fraction of sp³-hybridized carbons (Fsp3) is 0.636. The van der Waals surface area contributed by atoms with Gasteiger partial charge in [0.25, 0.3) is 5.91 Å². The molecule has 1 aromatic rings. The highest BCUT2D eigenvalue weighted by Crippen LogP contribution is 2.28. The molecule has 0 aliphatic heterocycles. The first kappa shape index (κ1) is 22.2. The number of hydrogen-bond acceptors (Lipinski definition) is 3. The molecule has 0 aromatic heterocycles. The number of nitrogens with zero attached hydrogens (tertiary/aromatic N) is 3. The Bertz CT molecular complexity index is 622. The van der Waals surface area contributed by atoms with Crippen LogP contribution >= 0.6 is 0 Å². The summed E-state index contributed by atoms with van der Waals surface area (Å²) in [6, 6.07) is 7.77. The molecule has 1 aliphatic carbocycles. The molecule has 0 bridgehead atoms. The van der Waals surface area contributed by atoms with E-state index in [1.54, 1.807) is 0 Å². The minimum atomic E-state index is 0.0827. The van der Waals surface area contributed by atoms with Crippen LogP contribution in [-0.2, 0) is 11.3 Å². The fourth-order valence-electron chi connectivity index (χ4n) is 2.92. The molecule has 1 saturated carbocycles. The molecule has 0 radical (unpaired) electrons. The summed E-state index contributed by atoms with van der Waals surface area (Å²) >= 11 is 0. The summed E-state index contributed by atoms with van der Waals surface area (Å²) in [5, 5.41) is 3.33. The van der Waals surface area contributed by atoms with E-state index >= 15 is 0 Å². The van der Waals surface area contributed by atoms with Crippen LogP contribution in [0.1, 0.15) is 49.5 Å². The Labute approximate surface area is 170 Å². The van der Waals surface area contributed by atoms with Gasteiger partial charge >= 0.3 is 0 Å². The molecule has 0 unspecified atom stereocenters. The molecule has 0 atom stereocenters. The van der Waals surface area contributed by atoms with Crippen molar-refractivity contribution in [1.82, 2.24) is 15.1 Å². The summed E-state index contributed by atoms with van der Waals surface area (Å²) in [5.74, 6) is 1.75. The molecule has 1 amide bonds. The van der Waals surface area contributed by atoms with Gasteiger partial charge in [0.15, 0.2) is 5.96 Å². The van der Waals surface area contributed by atoms with E-state index < -0.39 is 0 Å². The highest BCUT2D eigenvalue weighted by molar-refractivity contribution is 5.94. The third-order valence-electron chi connectivity index (χ3n) is 4.98. The van der Waals surface area contributed by atoms with E-state index in [1.165, 1.54) is 12.8 Å². The summed E-state index contributed by atoms with van der Waals surface area (Å²) < 4.78 is 5.73. The number of rotatable bonds is 11. The number of carbonyl (C=O) groups excluding carboxylic acids is 1. The number of nitrogens with one attached hydrogen (secondary N) is 1. The SMILES string of the molecule is CCNC(=NCc1ccc(C(=O)N(CC)CC)cc1)N(C)CCOCC1CC1. The second-order valence-corrected chi connectivity index (χ2v) is 7.28. The zero-order valence-electron chi connectivity index (χ0n) is 17.9. The Kier molecular flexibility index (Phi) is 9.28. The predicted octanol–water partition coefficient (Wildman–Crippen LogP) is 2.99. The van der Waals surface area contributed by atoms with Crippen LogP contribution in [0.15, 0.2) is 29.3 Å². The molecule has 1 N–H and O–H groups in total. The molecule has 6 heteroatoms. The van der Waals surface area contributed by atoms with Gasteiger partial charge in [-0.1, -0.05) is 12.1 Å².